The molecular formula is C38H43N7O3. The Morgan fingerprint density at radius 2 is 1.56 bits per heavy atom. The summed E-state index contributed by atoms with van der Waals surface area (Å²) in [6, 6.07) is 25.3. The summed E-state index contributed by atoms with van der Waals surface area (Å²) < 4.78 is 7.76. The van der Waals surface area contributed by atoms with Crippen molar-refractivity contribution >= 4 is 17.7 Å². The van der Waals surface area contributed by atoms with Crippen LogP contribution in [0.15, 0.2) is 104 Å². The molecule has 5 aromatic rings. The summed E-state index contributed by atoms with van der Waals surface area (Å²) in [6.07, 6.45) is 12.5. The second kappa shape index (κ2) is 16.1. The molecule has 0 aliphatic heterocycles. The topological polar surface area (TPSA) is 108 Å². The summed E-state index contributed by atoms with van der Waals surface area (Å²) in [5, 5.41) is 3.01. The minimum absolute atomic E-state index is 0.163. The number of ether oxygens (including phenoxy) is 1. The lowest BCUT2D eigenvalue weighted by Gasteiger charge is -2.33. The first-order valence-corrected chi connectivity index (χ1v) is 16.6. The molecule has 1 aliphatic rings. The number of aromatic nitrogens is 4. The number of aromatic amines is 1. The van der Waals surface area contributed by atoms with Crippen LogP contribution in [0, 0.1) is 0 Å². The lowest BCUT2D eigenvalue weighted by Crippen LogP contribution is -2.41. The maximum Gasteiger partial charge on any atom is 0.410 e. The minimum Gasteiger partial charge on any atom is -0.445 e. The lowest BCUT2D eigenvalue weighted by atomic mass is 9.94. The number of nitrogens with zero attached hydrogens (tertiary/aromatic N) is 5. The Hall–Kier alpha value is -5.22. The fourth-order valence-corrected chi connectivity index (χ4v) is 6.16. The van der Waals surface area contributed by atoms with Crippen molar-refractivity contribution in [3.8, 4) is 0 Å². The van der Waals surface area contributed by atoms with Gasteiger partial charge in [0.15, 0.2) is 0 Å². The smallest absolute Gasteiger partial charge is 0.410 e. The van der Waals surface area contributed by atoms with E-state index in [2.05, 4.69) is 25.2 Å². The molecule has 48 heavy (non-hydrogen) atoms. The first-order chi connectivity index (χ1) is 23.5. The first-order valence-electron chi connectivity index (χ1n) is 16.6. The van der Waals surface area contributed by atoms with Crippen molar-refractivity contribution in [1.82, 2.24) is 29.3 Å². The lowest BCUT2D eigenvalue weighted by molar-refractivity contribution is 0.0683. The van der Waals surface area contributed by atoms with Gasteiger partial charge in [0, 0.05) is 62.2 Å². The fraction of sp³-hybridized carbons (Fsp3) is 0.316. The highest BCUT2D eigenvalue weighted by Gasteiger charge is 2.27. The van der Waals surface area contributed by atoms with Crippen molar-refractivity contribution in [2.75, 3.05) is 5.32 Å². The molecule has 10 heteroatoms. The van der Waals surface area contributed by atoms with Crippen LogP contribution in [0.2, 0.25) is 0 Å². The Balaban J connectivity index is 1.05. The summed E-state index contributed by atoms with van der Waals surface area (Å²) in [4.78, 5) is 42.6. The highest BCUT2D eigenvalue weighted by Crippen LogP contribution is 2.26. The van der Waals surface area contributed by atoms with Crippen LogP contribution in [-0.2, 0) is 44.6 Å². The van der Waals surface area contributed by atoms with Crippen molar-refractivity contribution in [2.24, 2.45) is 7.05 Å². The number of carbonyl (C=O) groups excluding carboxylic acids is 2. The average Bonchev–Trinajstić information content (AvgIpc) is 3.79. The van der Waals surface area contributed by atoms with Crippen molar-refractivity contribution in [3.63, 3.8) is 0 Å². The summed E-state index contributed by atoms with van der Waals surface area (Å²) in [7, 11) is 1.99. The van der Waals surface area contributed by atoms with Gasteiger partial charge in [0.05, 0.1) is 13.1 Å². The van der Waals surface area contributed by atoms with E-state index in [-0.39, 0.29) is 24.6 Å². The fourth-order valence-electron chi connectivity index (χ4n) is 6.16. The molecule has 2 heterocycles. The largest absolute Gasteiger partial charge is 0.445 e. The van der Waals surface area contributed by atoms with Crippen molar-refractivity contribution < 1.29 is 14.3 Å². The van der Waals surface area contributed by atoms with E-state index in [1.165, 1.54) is 6.42 Å². The van der Waals surface area contributed by atoms with E-state index >= 15 is 0 Å². The van der Waals surface area contributed by atoms with Crippen LogP contribution in [0.1, 0.15) is 70.8 Å². The number of benzene rings is 3. The SMILES string of the molecule is Cn1ccnc1CN(Cc1ccc(C(=O)Nc2ccc(CN(C(=O)OCc3ccccc3)C3CCCCC3)cc2)cc1)Cc1ncc[nH]1. The average molecular weight is 646 g/mol. The molecule has 1 saturated carbocycles. The van der Waals surface area contributed by atoms with Crippen molar-refractivity contribution in [3.05, 3.63) is 138 Å². The molecule has 0 unspecified atom stereocenters. The van der Waals surface area contributed by atoms with Crippen LogP contribution in [-0.4, -0.2) is 47.4 Å². The molecule has 0 spiro atoms. The highest BCUT2D eigenvalue weighted by molar-refractivity contribution is 6.04. The molecule has 248 valence electrons. The van der Waals surface area contributed by atoms with Gasteiger partial charge in [-0.05, 0) is 53.8 Å². The van der Waals surface area contributed by atoms with Gasteiger partial charge in [0.2, 0.25) is 0 Å². The zero-order valence-corrected chi connectivity index (χ0v) is 27.4. The molecule has 2 N–H and O–H groups in total. The van der Waals surface area contributed by atoms with E-state index in [4.69, 9.17) is 4.74 Å². The standard InChI is InChI=1S/C38H43N7O3/c1-43-23-22-41-36(43)27-44(26-35-39-20-21-40-35)24-29-12-16-32(17-13-29)37(46)42-33-18-14-30(15-19-33)25-45(34-10-6-3-7-11-34)38(47)48-28-31-8-4-2-5-9-31/h2,4-5,8-9,12-23,34H,3,6-7,10-11,24-28H2,1H3,(H,39,40)(H,42,46). The maximum atomic E-state index is 13.3. The third-order valence-electron chi connectivity index (χ3n) is 8.86. The van der Waals surface area contributed by atoms with Crippen LogP contribution < -0.4 is 5.32 Å². The van der Waals surface area contributed by atoms with E-state index in [0.29, 0.717) is 37.4 Å². The maximum absolute atomic E-state index is 13.3. The normalized spacial score (nSPS) is 13.4. The highest BCUT2D eigenvalue weighted by atomic mass is 16.6. The Morgan fingerprint density at radius 1 is 0.833 bits per heavy atom. The second-order valence-electron chi connectivity index (χ2n) is 12.4. The number of anilines is 1. The molecule has 0 bridgehead atoms. The number of hydrogen-bond acceptors (Lipinski definition) is 6. The second-order valence-corrected chi connectivity index (χ2v) is 12.4. The molecule has 10 nitrogen and oxygen atoms in total. The summed E-state index contributed by atoms with van der Waals surface area (Å²) in [6.45, 7) is 2.70. The Morgan fingerprint density at radius 3 is 2.25 bits per heavy atom. The number of imidazole rings is 2. The quantitative estimate of drug-likeness (QED) is 0.142. The van der Waals surface area contributed by atoms with Gasteiger partial charge in [-0.1, -0.05) is 73.9 Å². The van der Waals surface area contributed by atoms with Crippen LogP contribution in [0.4, 0.5) is 10.5 Å². The summed E-state index contributed by atoms with van der Waals surface area (Å²) in [5.74, 6) is 1.67. The van der Waals surface area contributed by atoms with Gasteiger partial charge in [-0.15, -0.1) is 0 Å². The van der Waals surface area contributed by atoms with Gasteiger partial charge in [0.1, 0.15) is 18.3 Å². The molecule has 2 aromatic heterocycles. The van der Waals surface area contributed by atoms with Gasteiger partial charge in [0.25, 0.3) is 5.91 Å². The van der Waals surface area contributed by atoms with Gasteiger partial charge < -0.3 is 24.5 Å². The number of carbonyl (C=O) groups is 2. The van der Waals surface area contributed by atoms with Gasteiger partial charge in [-0.2, -0.15) is 0 Å². The third-order valence-corrected chi connectivity index (χ3v) is 8.86. The molecule has 0 saturated heterocycles. The van der Waals surface area contributed by atoms with Gasteiger partial charge in [-0.3, -0.25) is 9.69 Å². The van der Waals surface area contributed by atoms with E-state index in [9.17, 15) is 9.59 Å². The predicted molar refractivity (Wildman–Crippen MR) is 185 cm³/mol. The number of nitrogens with one attached hydrogen (secondary N) is 2. The molecular weight excluding hydrogens is 602 g/mol. The van der Waals surface area contributed by atoms with Crippen molar-refractivity contribution in [2.45, 2.75) is 70.9 Å². The van der Waals surface area contributed by atoms with E-state index in [0.717, 1.165) is 54.0 Å². The first kappa shape index (κ1) is 32.7. The predicted octanol–water partition coefficient (Wildman–Crippen LogP) is 7.07. The number of H-pyrrole nitrogens is 1. The zero-order chi connectivity index (χ0) is 33.1. The van der Waals surface area contributed by atoms with Gasteiger partial charge >= 0.3 is 6.09 Å². The van der Waals surface area contributed by atoms with Crippen LogP contribution in [0.25, 0.3) is 0 Å². The van der Waals surface area contributed by atoms with E-state index < -0.39 is 0 Å². The molecule has 3 aromatic carbocycles. The molecule has 2 amide bonds. The Kier molecular flexibility index (Phi) is 10.9. The molecule has 1 fully saturated rings. The van der Waals surface area contributed by atoms with Crippen LogP contribution in [0.5, 0.6) is 0 Å². The number of amides is 2. The zero-order valence-electron chi connectivity index (χ0n) is 27.4. The minimum atomic E-state index is -0.285. The Bertz CT molecular complexity index is 1730. The molecule has 0 atom stereocenters. The van der Waals surface area contributed by atoms with Crippen LogP contribution in [0.3, 0.4) is 0 Å². The van der Waals surface area contributed by atoms with Crippen LogP contribution >= 0.6 is 0 Å². The number of rotatable bonds is 13. The monoisotopic (exact) mass is 645 g/mol. The van der Waals surface area contributed by atoms with E-state index in [1.807, 2.05) is 108 Å². The molecule has 6 rings (SSSR count). The molecule has 0 radical (unpaired) electrons. The van der Waals surface area contributed by atoms with E-state index in [1.54, 1.807) is 12.4 Å². The third kappa shape index (κ3) is 8.98. The molecule has 1 aliphatic carbocycles. The van der Waals surface area contributed by atoms with Crippen molar-refractivity contribution in [1.29, 1.82) is 0 Å². The summed E-state index contributed by atoms with van der Waals surface area (Å²) in [5.41, 5.74) is 4.32. The summed E-state index contributed by atoms with van der Waals surface area (Å²) >= 11 is 0. The number of aryl methyl sites for hydroxylation is 1. The van der Waals surface area contributed by atoms with Gasteiger partial charge in [-0.25, -0.2) is 14.8 Å². The Labute approximate surface area is 281 Å². The number of hydrogen-bond donors (Lipinski definition) is 2.